The van der Waals surface area contributed by atoms with E-state index < -0.39 is 23.0 Å². The van der Waals surface area contributed by atoms with Gasteiger partial charge < -0.3 is 14.8 Å². The second-order valence-electron chi connectivity index (χ2n) is 15.0. The molecular weight excluding hydrogens is 490 g/mol. The molecule has 1 aliphatic heterocycles. The highest BCUT2D eigenvalue weighted by Crippen LogP contribution is 2.72. The molecule has 6 heteroatoms. The summed E-state index contributed by atoms with van der Waals surface area (Å²) in [5, 5.41) is 3.19. The number of carbonyl (C=O) groups excluding carboxylic acids is 3. The predicted molar refractivity (Wildman–Crippen MR) is 151 cm³/mol. The number of hydrogen-bond donors (Lipinski definition) is 1. The van der Waals surface area contributed by atoms with Gasteiger partial charge in [0.2, 0.25) is 0 Å². The van der Waals surface area contributed by atoms with E-state index >= 15 is 0 Å². The van der Waals surface area contributed by atoms with Gasteiger partial charge in [-0.25, -0.2) is 4.79 Å². The third-order valence-electron chi connectivity index (χ3n) is 12.2. The van der Waals surface area contributed by atoms with E-state index in [1.165, 1.54) is 12.5 Å². The van der Waals surface area contributed by atoms with Gasteiger partial charge in [0.25, 0.3) is 0 Å². The largest absolute Gasteiger partial charge is 0.462 e. The van der Waals surface area contributed by atoms with E-state index in [1.54, 1.807) is 0 Å². The molecule has 5 aliphatic rings. The highest BCUT2D eigenvalue weighted by Gasteiger charge is 2.71. The van der Waals surface area contributed by atoms with E-state index in [0.717, 1.165) is 43.3 Å². The van der Waals surface area contributed by atoms with Crippen molar-refractivity contribution in [2.24, 2.45) is 39.4 Å². The Kier molecular flexibility index (Phi) is 6.71. The van der Waals surface area contributed by atoms with Crippen molar-refractivity contribution >= 4 is 17.8 Å². The molecule has 0 spiro atoms. The van der Waals surface area contributed by atoms with Crippen molar-refractivity contribution in [1.82, 2.24) is 5.32 Å². The quantitative estimate of drug-likeness (QED) is 0.303. The van der Waals surface area contributed by atoms with E-state index in [4.69, 9.17) is 9.47 Å². The van der Waals surface area contributed by atoms with Gasteiger partial charge in [-0.15, -0.1) is 0 Å². The summed E-state index contributed by atoms with van der Waals surface area (Å²) in [6, 6.07) is -0.254. The highest BCUT2D eigenvalue weighted by atomic mass is 16.6. The summed E-state index contributed by atoms with van der Waals surface area (Å²) in [6.07, 6.45) is 7.47. The number of ketones is 1. The number of ether oxygens (including phenoxy) is 2. The maximum absolute atomic E-state index is 14.5. The average molecular weight is 540 g/mol. The van der Waals surface area contributed by atoms with Gasteiger partial charge in [0.15, 0.2) is 5.78 Å². The normalized spacial score (nSPS) is 42.8. The van der Waals surface area contributed by atoms with Crippen molar-refractivity contribution in [3.05, 3.63) is 22.8 Å². The van der Waals surface area contributed by atoms with E-state index in [0.29, 0.717) is 24.7 Å². The fraction of sp³-hybridized carbons (Fsp3) is 0.788. The molecule has 216 valence electrons. The third-order valence-corrected chi connectivity index (χ3v) is 12.2. The molecule has 39 heavy (non-hydrogen) atoms. The van der Waals surface area contributed by atoms with Crippen LogP contribution in [0.4, 0.5) is 4.79 Å². The number of amides is 1. The number of rotatable bonds is 5. The number of esters is 1. The van der Waals surface area contributed by atoms with Crippen molar-refractivity contribution in [3.8, 4) is 0 Å². The molecule has 2 saturated carbocycles. The van der Waals surface area contributed by atoms with Crippen LogP contribution in [0, 0.1) is 39.4 Å². The first kappa shape index (κ1) is 28.4. The number of fused-ring (bicyclic) bond motifs is 7. The number of nitrogens with one attached hydrogen (secondary N) is 1. The van der Waals surface area contributed by atoms with Crippen LogP contribution >= 0.6 is 0 Å². The smallest absolute Gasteiger partial charge is 0.408 e. The summed E-state index contributed by atoms with van der Waals surface area (Å²) in [4.78, 5) is 39.4. The van der Waals surface area contributed by atoms with Crippen LogP contribution in [-0.2, 0) is 19.1 Å². The van der Waals surface area contributed by atoms with Gasteiger partial charge in [0.1, 0.15) is 12.2 Å². The molecule has 0 aromatic heterocycles. The Morgan fingerprint density at radius 1 is 1.10 bits per heavy atom. The van der Waals surface area contributed by atoms with Crippen LogP contribution in [0.15, 0.2) is 22.8 Å². The molecule has 6 nitrogen and oxygen atoms in total. The lowest BCUT2D eigenvalue weighted by Crippen LogP contribution is -2.66. The molecule has 1 saturated heterocycles. The number of carbonyl (C=O) groups is 3. The lowest BCUT2D eigenvalue weighted by atomic mass is 9.41. The molecule has 0 aromatic rings. The maximum atomic E-state index is 14.5. The second-order valence-corrected chi connectivity index (χ2v) is 15.0. The SMILES string of the molecule is CC(=O)O[C@@H]1CC[C@@]2(C)C3=C([C@@H]4OC(=O)N[C@@H]4[C@H]2C1(C)C)[C@@]1(C)CC[C@@H]([C@@H](C)CCC=C(C)C)[C@@]1(C)CC3=O. The highest BCUT2D eigenvalue weighted by molar-refractivity contribution is 6.00. The van der Waals surface area contributed by atoms with E-state index in [9.17, 15) is 14.4 Å². The molecule has 9 atom stereocenters. The van der Waals surface area contributed by atoms with Crippen LogP contribution in [0.2, 0.25) is 0 Å². The van der Waals surface area contributed by atoms with Gasteiger partial charge in [-0.1, -0.05) is 53.2 Å². The minimum Gasteiger partial charge on any atom is -0.462 e. The molecule has 3 fully saturated rings. The van der Waals surface area contributed by atoms with Crippen molar-refractivity contribution in [3.63, 3.8) is 0 Å². The fourth-order valence-corrected chi connectivity index (χ4v) is 10.4. The number of Topliss-reactive ketones (excluding diaryl/α,β-unsaturated/α-hetero) is 1. The van der Waals surface area contributed by atoms with E-state index in [2.05, 4.69) is 66.8 Å². The Bertz CT molecular complexity index is 1150. The summed E-state index contributed by atoms with van der Waals surface area (Å²) in [5.41, 5.74) is 2.12. The zero-order chi connectivity index (χ0) is 28.7. The molecule has 5 rings (SSSR count). The zero-order valence-corrected chi connectivity index (χ0v) is 25.5. The maximum Gasteiger partial charge on any atom is 0.408 e. The van der Waals surface area contributed by atoms with Crippen LogP contribution in [0.5, 0.6) is 0 Å². The van der Waals surface area contributed by atoms with Gasteiger partial charge >= 0.3 is 12.1 Å². The molecular formula is C33H49NO5. The summed E-state index contributed by atoms with van der Waals surface area (Å²) in [7, 11) is 0. The van der Waals surface area contributed by atoms with Crippen molar-refractivity contribution < 1.29 is 23.9 Å². The standard InChI is InChI=1S/C33H49NO5/c1-18(2)11-10-12-19(3)21-13-16-32(8)25-24(22(36)17-33(21,32)9)31(7)15-14-23(38-20(4)35)30(5,6)28(31)26-27(25)39-29(37)34-26/h11,19,21,23,26-28H,10,12-17H2,1-9H3,(H,34,37)/t19-,21-,23+,26-,27-,28-,31-,32+,33+/m0/s1. The molecule has 1 N–H and O–H groups in total. The minimum atomic E-state index is -0.464. The number of hydrogen-bond acceptors (Lipinski definition) is 5. The fourth-order valence-electron chi connectivity index (χ4n) is 10.4. The third kappa shape index (κ3) is 3.97. The summed E-state index contributed by atoms with van der Waals surface area (Å²) in [6.45, 7) is 19.3. The number of alkyl carbamates (subject to hydrolysis) is 1. The summed E-state index contributed by atoms with van der Waals surface area (Å²) >= 11 is 0. The Morgan fingerprint density at radius 3 is 2.44 bits per heavy atom. The van der Waals surface area contributed by atoms with Crippen LogP contribution in [0.3, 0.4) is 0 Å². The zero-order valence-electron chi connectivity index (χ0n) is 25.5. The van der Waals surface area contributed by atoms with Crippen molar-refractivity contribution in [2.45, 2.75) is 126 Å². The molecule has 0 unspecified atom stereocenters. The predicted octanol–water partition coefficient (Wildman–Crippen LogP) is 6.93. The molecule has 0 radical (unpaired) electrons. The summed E-state index contributed by atoms with van der Waals surface area (Å²) in [5.74, 6) is 0.812. The molecule has 0 bridgehead atoms. The van der Waals surface area contributed by atoms with E-state index in [-0.39, 0.29) is 40.6 Å². The Balaban J connectivity index is 1.61. The molecule has 1 heterocycles. The monoisotopic (exact) mass is 539 g/mol. The first-order chi connectivity index (χ1) is 18.1. The van der Waals surface area contributed by atoms with Crippen LogP contribution < -0.4 is 5.32 Å². The van der Waals surface area contributed by atoms with Gasteiger partial charge in [-0.2, -0.15) is 0 Å². The molecule has 0 aromatic carbocycles. The van der Waals surface area contributed by atoms with E-state index in [1.807, 2.05) is 0 Å². The van der Waals surface area contributed by atoms with Crippen molar-refractivity contribution in [1.29, 1.82) is 0 Å². The topological polar surface area (TPSA) is 81.7 Å². The second kappa shape index (κ2) is 9.21. The van der Waals surface area contributed by atoms with Gasteiger partial charge in [0, 0.05) is 35.7 Å². The lowest BCUT2D eigenvalue weighted by Gasteiger charge is -2.63. The molecule has 4 aliphatic carbocycles. The van der Waals surface area contributed by atoms with Crippen LogP contribution in [0.1, 0.15) is 107 Å². The van der Waals surface area contributed by atoms with Crippen LogP contribution in [-0.4, -0.2) is 36.1 Å². The Labute approximate surface area is 234 Å². The van der Waals surface area contributed by atoms with Gasteiger partial charge in [0.05, 0.1) is 6.04 Å². The Morgan fingerprint density at radius 2 is 1.79 bits per heavy atom. The van der Waals surface area contributed by atoms with Crippen LogP contribution in [0.25, 0.3) is 0 Å². The average Bonchev–Trinajstić information content (AvgIpc) is 3.30. The minimum absolute atomic E-state index is 0.0876. The number of allylic oxidation sites excluding steroid dienone is 3. The van der Waals surface area contributed by atoms with Gasteiger partial charge in [-0.3, -0.25) is 9.59 Å². The first-order valence-electron chi connectivity index (χ1n) is 15.1. The Hall–Kier alpha value is -2.11. The first-order valence-corrected chi connectivity index (χ1v) is 15.1. The lowest BCUT2D eigenvalue weighted by molar-refractivity contribution is -0.171. The van der Waals surface area contributed by atoms with Gasteiger partial charge in [-0.05, 0) is 80.6 Å². The molecule has 1 amide bonds. The van der Waals surface area contributed by atoms with Crippen molar-refractivity contribution in [2.75, 3.05) is 0 Å². The summed E-state index contributed by atoms with van der Waals surface area (Å²) < 4.78 is 12.0.